The molecule has 0 bridgehead atoms. The smallest absolute Gasteiger partial charge is 0.273 e. The largest absolute Gasteiger partial charge is 0.409 e. The summed E-state index contributed by atoms with van der Waals surface area (Å²) < 4.78 is 0.624. The fraction of sp³-hybridized carbons (Fsp3) is 0. The summed E-state index contributed by atoms with van der Waals surface area (Å²) in [7, 11) is 0. The predicted molar refractivity (Wildman–Crippen MR) is 73.9 cm³/mol. The molecule has 0 radical (unpaired) electrons. The fourth-order valence-electron chi connectivity index (χ4n) is 1.45. The quantitative estimate of drug-likeness (QED) is 0.302. The van der Waals surface area contributed by atoms with E-state index < -0.39 is 17.2 Å². The van der Waals surface area contributed by atoms with Crippen molar-refractivity contribution in [1.82, 2.24) is 9.78 Å². The molecule has 0 aliphatic rings. The van der Waals surface area contributed by atoms with Gasteiger partial charge >= 0.3 is 0 Å². The maximum Gasteiger partial charge on any atom is 0.273 e. The van der Waals surface area contributed by atoms with Gasteiger partial charge < -0.3 is 5.21 Å². The number of Topliss-reactive ketones (excluding diaryl/α,β-unsaturated/α-hetero) is 1. The van der Waals surface area contributed by atoms with Crippen molar-refractivity contribution in [2.75, 3.05) is 0 Å². The summed E-state index contributed by atoms with van der Waals surface area (Å²) in [6.07, 6.45) is 0. The average molecular weight is 312 g/mol. The zero-order chi connectivity index (χ0) is 14.7. The minimum atomic E-state index is -0.693. The highest BCUT2D eigenvalue weighted by molar-refractivity contribution is 6.45. The van der Waals surface area contributed by atoms with E-state index in [0.29, 0.717) is 9.70 Å². The van der Waals surface area contributed by atoms with Crippen molar-refractivity contribution in [2.24, 2.45) is 5.16 Å². The summed E-state index contributed by atoms with van der Waals surface area (Å²) in [4.78, 5) is 23.8. The molecule has 0 spiro atoms. The zero-order valence-corrected chi connectivity index (χ0v) is 11.3. The Hall–Kier alpha value is -2.18. The number of nitrogens with zero attached hydrogens (tertiary/aromatic N) is 3. The van der Waals surface area contributed by atoms with Crippen molar-refractivity contribution >= 4 is 34.8 Å². The van der Waals surface area contributed by atoms with Crippen LogP contribution < -0.4 is 5.56 Å². The SMILES string of the molecule is O=C(C(=NO)n1nc(Cl)ccc1=O)c1ccc(Cl)cc1. The van der Waals surface area contributed by atoms with Gasteiger partial charge in [0.1, 0.15) is 5.15 Å². The van der Waals surface area contributed by atoms with Gasteiger partial charge in [-0.15, -0.1) is 0 Å². The number of halogens is 2. The van der Waals surface area contributed by atoms with Gasteiger partial charge in [-0.1, -0.05) is 28.4 Å². The third kappa shape index (κ3) is 2.87. The van der Waals surface area contributed by atoms with E-state index in [9.17, 15) is 9.59 Å². The molecule has 0 unspecified atom stereocenters. The summed E-state index contributed by atoms with van der Waals surface area (Å²) in [5.41, 5.74) is -0.458. The van der Waals surface area contributed by atoms with E-state index in [1.807, 2.05) is 0 Å². The number of ketones is 1. The Morgan fingerprint density at radius 3 is 2.40 bits per heavy atom. The first-order chi connectivity index (χ1) is 9.52. The van der Waals surface area contributed by atoms with E-state index >= 15 is 0 Å². The molecule has 0 aliphatic heterocycles. The van der Waals surface area contributed by atoms with Gasteiger partial charge in [0.05, 0.1) is 0 Å². The third-order valence-electron chi connectivity index (χ3n) is 2.37. The molecule has 1 heterocycles. The van der Waals surface area contributed by atoms with Crippen LogP contribution in [0.2, 0.25) is 10.2 Å². The Labute approximate surface area is 122 Å². The number of carbonyl (C=O) groups excluding carboxylic acids is 1. The Kier molecular flexibility index (Phi) is 4.16. The van der Waals surface area contributed by atoms with E-state index in [4.69, 9.17) is 28.4 Å². The van der Waals surface area contributed by atoms with Crippen molar-refractivity contribution in [3.63, 3.8) is 0 Å². The van der Waals surface area contributed by atoms with Gasteiger partial charge in [-0.3, -0.25) is 9.59 Å². The molecule has 1 N–H and O–H groups in total. The van der Waals surface area contributed by atoms with Gasteiger partial charge in [-0.25, -0.2) is 0 Å². The summed E-state index contributed by atoms with van der Waals surface area (Å²) in [6, 6.07) is 8.24. The molecule has 8 heteroatoms. The molecule has 6 nitrogen and oxygen atoms in total. The molecule has 0 saturated carbocycles. The van der Waals surface area contributed by atoms with Gasteiger partial charge in [-0.05, 0) is 30.3 Å². The monoisotopic (exact) mass is 311 g/mol. The molecule has 0 amide bonds. The molecule has 1 aromatic heterocycles. The Bertz CT molecular complexity index is 738. The molecule has 2 rings (SSSR count). The minimum Gasteiger partial charge on any atom is -0.409 e. The number of benzene rings is 1. The lowest BCUT2D eigenvalue weighted by Gasteiger charge is -2.05. The normalized spacial score (nSPS) is 11.4. The zero-order valence-electron chi connectivity index (χ0n) is 9.83. The van der Waals surface area contributed by atoms with Crippen molar-refractivity contribution in [2.45, 2.75) is 0 Å². The molecule has 0 atom stereocenters. The molecule has 2 aromatic rings. The van der Waals surface area contributed by atoms with Gasteiger partial charge in [0, 0.05) is 16.7 Å². The third-order valence-corrected chi connectivity index (χ3v) is 2.83. The maximum absolute atomic E-state index is 12.2. The lowest BCUT2D eigenvalue weighted by atomic mass is 10.1. The van der Waals surface area contributed by atoms with E-state index in [-0.39, 0.29) is 10.7 Å². The first-order valence-electron chi connectivity index (χ1n) is 5.31. The van der Waals surface area contributed by atoms with Crippen LogP contribution in [0.1, 0.15) is 10.4 Å². The molecular weight excluding hydrogens is 305 g/mol. The number of carbonyl (C=O) groups is 1. The maximum atomic E-state index is 12.2. The van der Waals surface area contributed by atoms with Crippen LogP contribution in [0.3, 0.4) is 0 Å². The highest BCUT2D eigenvalue weighted by Gasteiger charge is 2.19. The Balaban J connectivity index is 2.48. The number of aromatic nitrogens is 2. The molecule has 0 saturated heterocycles. The number of rotatable bonds is 2. The van der Waals surface area contributed by atoms with Gasteiger partial charge in [-0.2, -0.15) is 9.78 Å². The van der Waals surface area contributed by atoms with Crippen molar-refractivity contribution in [1.29, 1.82) is 0 Å². The second-order valence-electron chi connectivity index (χ2n) is 3.67. The van der Waals surface area contributed by atoms with Crippen LogP contribution in [0.5, 0.6) is 0 Å². The first-order valence-corrected chi connectivity index (χ1v) is 6.07. The summed E-state index contributed by atoms with van der Waals surface area (Å²) in [5, 5.41) is 15.9. The lowest BCUT2D eigenvalue weighted by molar-refractivity contribution is 0.105. The Morgan fingerprint density at radius 2 is 1.80 bits per heavy atom. The fourth-order valence-corrected chi connectivity index (χ4v) is 1.72. The lowest BCUT2D eigenvalue weighted by Crippen LogP contribution is -2.34. The molecular formula is C12H7Cl2N3O3. The highest BCUT2D eigenvalue weighted by atomic mass is 35.5. The summed E-state index contributed by atoms with van der Waals surface area (Å²) >= 11 is 11.4. The van der Waals surface area contributed by atoms with Crippen LogP contribution in [-0.2, 0) is 0 Å². The van der Waals surface area contributed by atoms with E-state index in [1.54, 1.807) is 0 Å². The van der Waals surface area contributed by atoms with E-state index in [1.165, 1.54) is 30.3 Å². The predicted octanol–water partition coefficient (Wildman–Crippen LogP) is 2.07. The van der Waals surface area contributed by atoms with Gasteiger partial charge in [0.25, 0.3) is 5.56 Å². The van der Waals surface area contributed by atoms with Crippen molar-refractivity contribution in [3.8, 4) is 0 Å². The van der Waals surface area contributed by atoms with Crippen LogP contribution in [0.25, 0.3) is 0 Å². The van der Waals surface area contributed by atoms with Crippen LogP contribution in [0, 0.1) is 0 Å². The molecule has 102 valence electrons. The van der Waals surface area contributed by atoms with E-state index in [2.05, 4.69) is 10.3 Å². The molecule has 20 heavy (non-hydrogen) atoms. The standard InChI is InChI=1S/C12H7Cl2N3O3/c13-8-3-1-7(2-4-8)11(19)12(16-20)17-10(18)6-5-9(14)15-17/h1-6,20H. The summed E-state index contributed by atoms with van der Waals surface area (Å²) in [6.45, 7) is 0. The molecule has 0 fully saturated rings. The van der Waals surface area contributed by atoms with Gasteiger partial charge in [0.15, 0.2) is 0 Å². The second-order valence-corrected chi connectivity index (χ2v) is 4.49. The summed E-state index contributed by atoms with van der Waals surface area (Å²) in [5.74, 6) is -1.25. The van der Waals surface area contributed by atoms with E-state index in [0.717, 1.165) is 6.07 Å². The van der Waals surface area contributed by atoms with Gasteiger partial charge in [0.2, 0.25) is 11.6 Å². The van der Waals surface area contributed by atoms with Crippen LogP contribution in [-0.4, -0.2) is 26.6 Å². The topological polar surface area (TPSA) is 84.5 Å². The molecule has 1 aromatic carbocycles. The second kappa shape index (κ2) is 5.85. The highest BCUT2D eigenvalue weighted by Crippen LogP contribution is 2.11. The average Bonchev–Trinajstić information content (AvgIpc) is 2.44. The van der Waals surface area contributed by atoms with Crippen molar-refractivity contribution in [3.05, 3.63) is 62.5 Å². The number of oxime groups is 1. The number of hydrogen-bond donors (Lipinski definition) is 1. The Morgan fingerprint density at radius 1 is 1.15 bits per heavy atom. The van der Waals surface area contributed by atoms with Crippen molar-refractivity contribution < 1.29 is 10.0 Å². The molecule has 0 aliphatic carbocycles. The van der Waals surface area contributed by atoms with Crippen LogP contribution in [0.15, 0.2) is 46.3 Å². The minimum absolute atomic E-state index is 0.0188. The number of hydrogen-bond acceptors (Lipinski definition) is 5. The first kappa shape index (κ1) is 14.2. The van der Waals surface area contributed by atoms with Crippen LogP contribution >= 0.6 is 23.2 Å². The van der Waals surface area contributed by atoms with Crippen LogP contribution in [0.4, 0.5) is 0 Å².